The summed E-state index contributed by atoms with van der Waals surface area (Å²) in [6.07, 6.45) is 2.44. The normalized spacial score (nSPS) is 13.1. The van der Waals surface area contributed by atoms with E-state index in [1.54, 1.807) is 0 Å². The number of hydrogen-bond acceptors (Lipinski definition) is 1. The fourth-order valence-electron chi connectivity index (χ4n) is 2.47. The van der Waals surface area contributed by atoms with Gasteiger partial charge in [0.15, 0.2) is 0 Å². The average molecular weight is 298 g/mol. The van der Waals surface area contributed by atoms with Gasteiger partial charge in [0.1, 0.15) is 0 Å². The predicted octanol–water partition coefficient (Wildman–Crippen LogP) is 4.84. The molecule has 1 aromatic rings. The molecule has 0 aliphatic heterocycles. The van der Waals surface area contributed by atoms with Gasteiger partial charge in [0, 0.05) is 10.5 Å². The van der Waals surface area contributed by atoms with Gasteiger partial charge >= 0.3 is 0 Å². The van der Waals surface area contributed by atoms with Crippen LogP contribution in [0.3, 0.4) is 0 Å². The van der Waals surface area contributed by atoms with Gasteiger partial charge in [-0.15, -0.1) is 0 Å². The van der Waals surface area contributed by atoms with Crippen molar-refractivity contribution in [1.82, 2.24) is 5.32 Å². The summed E-state index contributed by atoms with van der Waals surface area (Å²) in [5.41, 5.74) is 2.81. The Morgan fingerprint density at radius 1 is 1.18 bits per heavy atom. The summed E-state index contributed by atoms with van der Waals surface area (Å²) < 4.78 is 1.21. The molecule has 0 bridgehead atoms. The molecule has 0 heterocycles. The standard InChI is InChI=1S/C15H24BrN/c1-5-12(6-2)15(17-7-3)13-9-8-10-14(16)11(13)4/h8-10,12,15,17H,5-7H2,1-4H3. The van der Waals surface area contributed by atoms with Crippen LogP contribution in [0.5, 0.6) is 0 Å². The lowest BCUT2D eigenvalue weighted by atomic mass is 9.87. The van der Waals surface area contributed by atoms with Crippen LogP contribution in [0.2, 0.25) is 0 Å². The molecule has 1 nitrogen and oxygen atoms in total. The second-order valence-electron chi connectivity index (χ2n) is 4.57. The molecule has 0 saturated heterocycles. The lowest BCUT2D eigenvalue weighted by molar-refractivity contribution is 0.345. The lowest BCUT2D eigenvalue weighted by Crippen LogP contribution is -2.28. The van der Waals surface area contributed by atoms with E-state index in [1.807, 2.05) is 0 Å². The van der Waals surface area contributed by atoms with Crippen molar-refractivity contribution in [1.29, 1.82) is 0 Å². The Morgan fingerprint density at radius 2 is 1.82 bits per heavy atom. The van der Waals surface area contributed by atoms with Crippen LogP contribution in [-0.4, -0.2) is 6.54 Å². The van der Waals surface area contributed by atoms with Crippen LogP contribution in [0.15, 0.2) is 22.7 Å². The molecule has 1 rings (SSSR count). The molecule has 0 aromatic heterocycles. The molecule has 1 N–H and O–H groups in total. The van der Waals surface area contributed by atoms with Gasteiger partial charge < -0.3 is 5.32 Å². The van der Waals surface area contributed by atoms with Crippen LogP contribution < -0.4 is 5.32 Å². The van der Waals surface area contributed by atoms with E-state index < -0.39 is 0 Å². The van der Waals surface area contributed by atoms with E-state index in [4.69, 9.17) is 0 Å². The van der Waals surface area contributed by atoms with Gasteiger partial charge in [-0.2, -0.15) is 0 Å². The molecular weight excluding hydrogens is 274 g/mol. The lowest BCUT2D eigenvalue weighted by Gasteiger charge is -2.28. The van der Waals surface area contributed by atoms with E-state index in [0.29, 0.717) is 12.0 Å². The van der Waals surface area contributed by atoms with Crippen molar-refractivity contribution in [2.45, 2.75) is 46.6 Å². The van der Waals surface area contributed by atoms with E-state index in [-0.39, 0.29) is 0 Å². The average Bonchev–Trinajstić information content (AvgIpc) is 2.33. The number of benzene rings is 1. The highest BCUT2D eigenvalue weighted by molar-refractivity contribution is 9.10. The molecule has 0 aliphatic carbocycles. The summed E-state index contributed by atoms with van der Waals surface area (Å²) in [5, 5.41) is 3.65. The first kappa shape index (κ1) is 14.7. The van der Waals surface area contributed by atoms with Gasteiger partial charge in [-0.05, 0) is 36.6 Å². The Labute approximate surface area is 114 Å². The van der Waals surface area contributed by atoms with Crippen molar-refractivity contribution in [2.24, 2.45) is 5.92 Å². The van der Waals surface area contributed by atoms with Crippen LogP contribution in [0.1, 0.15) is 50.8 Å². The third-order valence-electron chi connectivity index (χ3n) is 3.59. The molecule has 1 unspecified atom stereocenters. The first-order valence-electron chi connectivity index (χ1n) is 6.64. The van der Waals surface area contributed by atoms with Gasteiger partial charge in [0.2, 0.25) is 0 Å². The highest BCUT2D eigenvalue weighted by Crippen LogP contribution is 2.32. The van der Waals surface area contributed by atoms with E-state index in [2.05, 4.69) is 67.1 Å². The molecule has 1 atom stereocenters. The molecule has 1 aromatic carbocycles. The Kier molecular flexibility index (Phi) is 6.21. The SMILES string of the molecule is CCNC(c1cccc(Br)c1C)C(CC)CC. The highest BCUT2D eigenvalue weighted by Gasteiger charge is 2.21. The zero-order valence-corrected chi connectivity index (χ0v) is 13.0. The molecule has 0 saturated carbocycles. The summed E-state index contributed by atoms with van der Waals surface area (Å²) >= 11 is 3.63. The summed E-state index contributed by atoms with van der Waals surface area (Å²) in [6.45, 7) is 9.97. The quantitative estimate of drug-likeness (QED) is 0.792. The van der Waals surface area contributed by atoms with Crippen molar-refractivity contribution < 1.29 is 0 Å². The molecule has 0 spiro atoms. The van der Waals surface area contributed by atoms with Crippen LogP contribution in [-0.2, 0) is 0 Å². The molecule has 0 radical (unpaired) electrons. The van der Waals surface area contributed by atoms with E-state index in [0.717, 1.165) is 6.54 Å². The maximum absolute atomic E-state index is 3.65. The monoisotopic (exact) mass is 297 g/mol. The minimum absolute atomic E-state index is 0.479. The Hall–Kier alpha value is -0.340. The minimum atomic E-state index is 0.479. The van der Waals surface area contributed by atoms with E-state index in [1.165, 1.54) is 28.4 Å². The fraction of sp³-hybridized carbons (Fsp3) is 0.600. The highest BCUT2D eigenvalue weighted by atomic mass is 79.9. The Bertz CT molecular complexity index is 345. The summed E-state index contributed by atoms with van der Waals surface area (Å²) in [4.78, 5) is 0. The van der Waals surface area contributed by atoms with Crippen molar-refractivity contribution >= 4 is 15.9 Å². The summed E-state index contributed by atoms with van der Waals surface area (Å²) in [7, 11) is 0. The van der Waals surface area contributed by atoms with Crippen molar-refractivity contribution in [2.75, 3.05) is 6.54 Å². The van der Waals surface area contributed by atoms with Crippen molar-refractivity contribution in [3.8, 4) is 0 Å². The first-order valence-corrected chi connectivity index (χ1v) is 7.43. The Balaban J connectivity index is 3.08. The zero-order valence-electron chi connectivity index (χ0n) is 11.4. The number of halogens is 1. The summed E-state index contributed by atoms with van der Waals surface area (Å²) in [5.74, 6) is 0.711. The molecule has 0 aliphatic rings. The maximum atomic E-state index is 3.65. The van der Waals surface area contributed by atoms with Crippen LogP contribution in [0.4, 0.5) is 0 Å². The first-order chi connectivity index (χ1) is 8.15. The Morgan fingerprint density at radius 3 is 2.35 bits per heavy atom. The third-order valence-corrected chi connectivity index (χ3v) is 4.45. The van der Waals surface area contributed by atoms with Crippen LogP contribution in [0, 0.1) is 12.8 Å². The van der Waals surface area contributed by atoms with E-state index >= 15 is 0 Å². The number of hydrogen-bond donors (Lipinski definition) is 1. The minimum Gasteiger partial charge on any atom is -0.310 e. The second kappa shape index (κ2) is 7.17. The number of rotatable bonds is 6. The largest absolute Gasteiger partial charge is 0.310 e. The smallest absolute Gasteiger partial charge is 0.0351 e. The van der Waals surface area contributed by atoms with Crippen LogP contribution >= 0.6 is 15.9 Å². The molecular formula is C15H24BrN. The van der Waals surface area contributed by atoms with Crippen molar-refractivity contribution in [3.05, 3.63) is 33.8 Å². The predicted molar refractivity (Wildman–Crippen MR) is 79.4 cm³/mol. The van der Waals surface area contributed by atoms with Gasteiger partial charge in [-0.25, -0.2) is 0 Å². The molecule has 0 fully saturated rings. The fourth-order valence-corrected chi connectivity index (χ4v) is 2.85. The number of nitrogens with one attached hydrogen (secondary N) is 1. The topological polar surface area (TPSA) is 12.0 Å². The molecule has 96 valence electrons. The summed E-state index contributed by atoms with van der Waals surface area (Å²) in [6, 6.07) is 6.99. The van der Waals surface area contributed by atoms with Gasteiger partial charge in [-0.1, -0.05) is 61.7 Å². The molecule has 0 amide bonds. The molecule has 17 heavy (non-hydrogen) atoms. The van der Waals surface area contributed by atoms with Gasteiger partial charge in [0.05, 0.1) is 0 Å². The second-order valence-corrected chi connectivity index (χ2v) is 5.42. The van der Waals surface area contributed by atoms with Crippen LogP contribution in [0.25, 0.3) is 0 Å². The third kappa shape index (κ3) is 3.56. The van der Waals surface area contributed by atoms with Crippen molar-refractivity contribution in [3.63, 3.8) is 0 Å². The maximum Gasteiger partial charge on any atom is 0.0351 e. The molecule has 2 heteroatoms. The van der Waals surface area contributed by atoms with Gasteiger partial charge in [0.25, 0.3) is 0 Å². The van der Waals surface area contributed by atoms with Gasteiger partial charge in [-0.3, -0.25) is 0 Å². The zero-order chi connectivity index (χ0) is 12.8. The van der Waals surface area contributed by atoms with E-state index in [9.17, 15) is 0 Å².